The molecule has 1 aromatic carbocycles. The average Bonchev–Trinajstić information content (AvgIpc) is 2.34. The van der Waals surface area contributed by atoms with Gasteiger partial charge < -0.3 is 10.4 Å². The van der Waals surface area contributed by atoms with Gasteiger partial charge in [-0.15, -0.1) is 0 Å². The number of hydrogen-bond acceptors (Lipinski definition) is 4. The fraction of sp³-hybridized carbons (Fsp3) is 0.462. The third-order valence-corrected chi connectivity index (χ3v) is 3.43. The molecule has 6 nitrogen and oxygen atoms in total. The number of hydrogen-bond donors (Lipinski definition) is 2. The number of nitro benzene ring substituents is 1. The van der Waals surface area contributed by atoms with Crippen molar-refractivity contribution in [3.63, 3.8) is 0 Å². The molecule has 1 aliphatic rings. The Morgan fingerprint density at radius 2 is 2.05 bits per heavy atom. The van der Waals surface area contributed by atoms with Crippen molar-refractivity contribution >= 4 is 11.6 Å². The van der Waals surface area contributed by atoms with Crippen LogP contribution in [-0.4, -0.2) is 22.5 Å². The van der Waals surface area contributed by atoms with E-state index in [1.165, 1.54) is 24.3 Å². The third kappa shape index (κ3) is 3.29. The second-order valence-electron chi connectivity index (χ2n) is 4.74. The molecule has 1 unspecified atom stereocenters. The van der Waals surface area contributed by atoms with E-state index in [9.17, 15) is 20.0 Å². The number of nitro groups is 1. The smallest absolute Gasteiger partial charge is 0.269 e. The SMILES string of the molecule is O=C(NCC(O)c1ccc([N+](=O)[O-])cc1)C1CCC1. The molecule has 0 aliphatic heterocycles. The van der Waals surface area contributed by atoms with Crippen LogP contribution in [0.15, 0.2) is 24.3 Å². The second kappa shape index (κ2) is 5.79. The van der Waals surface area contributed by atoms with Crippen molar-refractivity contribution in [2.45, 2.75) is 25.4 Å². The number of aliphatic hydroxyl groups excluding tert-OH is 1. The highest BCUT2D eigenvalue weighted by atomic mass is 16.6. The lowest BCUT2D eigenvalue weighted by atomic mass is 9.85. The molecule has 0 heterocycles. The fourth-order valence-corrected chi connectivity index (χ4v) is 1.95. The first-order valence-corrected chi connectivity index (χ1v) is 6.28. The van der Waals surface area contributed by atoms with Crippen LogP contribution in [0, 0.1) is 16.0 Å². The number of amides is 1. The van der Waals surface area contributed by atoms with E-state index in [1.807, 2.05) is 0 Å². The van der Waals surface area contributed by atoms with Gasteiger partial charge in [0.05, 0.1) is 11.0 Å². The van der Waals surface area contributed by atoms with E-state index < -0.39 is 11.0 Å². The fourth-order valence-electron chi connectivity index (χ4n) is 1.95. The maximum absolute atomic E-state index is 11.6. The van der Waals surface area contributed by atoms with Crippen molar-refractivity contribution in [2.24, 2.45) is 5.92 Å². The number of carbonyl (C=O) groups is 1. The van der Waals surface area contributed by atoms with E-state index in [2.05, 4.69) is 5.32 Å². The Bertz CT molecular complexity index is 468. The van der Waals surface area contributed by atoms with E-state index in [0.29, 0.717) is 5.56 Å². The zero-order valence-electron chi connectivity index (χ0n) is 10.4. The predicted octanol–water partition coefficient (Wildman–Crippen LogP) is 1.54. The van der Waals surface area contributed by atoms with Gasteiger partial charge in [-0.25, -0.2) is 0 Å². The van der Waals surface area contributed by atoms with E-state index >= 15 is 0 Å². The molecule has 2 rings (SSSR count). The topological polar surface area (TPSA) is 92.5 Å². The molecule has 0 aromatic heterocycles. The summed E-state index contributed by atoms with van der Waals surface area (Å²) in [6.45, 7) is 0.132. The first kappa shape index (κ1) is 13.5. The van der Waals surface area contributed by atoms with Crippen molar-refractivity contribution in [1.29, 1.82) is 0 Å². The Balaban J connectivity index is 1.86. The lowest BCUT2D eigenvalue weighted by Gasteiger charge is -2.24. The molecule has 1 aromatic rings. The summed E-state index contributed by atoms with van der Waals surface area (Å²) >= 11 is 0. The van der Waals surface area contributed by atoms with Crippen LogP contribution in [0.4, 0.5) is 5.69 Å². The Hall–Kier alpha value is -1.95. The summed E-state index contributed by atoms with van der Waals surface area (Å²) < 4.78 is 0. The number of carbonyl (C=O) groups excluding carboxylic acids is 1. The standard InChI is InChI=1S/C13H16N2O4/c16-12(8-14-13(17)10-2-1-3-10)9-4-6-11(7-5-9)15(18)19/h4-7,10,12,16H,1-3,8H2,(H,14,17). The average molecular weight is 264 g/mol. The van der Waals surface area contributed by atoms with Crippen molar-refractivity contribution < 1.29 is 14.8 Å². The van der Waals surface area contributed by atoms with Gasteiger partial charge in [-0.05, 0) is 30.5 Å². The summed E-state index contributed by atoms with van der Waals surface area (Å²) in [6, 6.07) is 5.68. The predicted molar refractivity (Wildman–Crippen MR) is 68.4 cm³/mol. The molecule has 19 heavy (non-hydrogen) atoms. The summed E-state index contributed by atoms with van der Waals surface area (Å²) in [4.78, 5) is 21.6. The molecule has 0 radical (unpaired) electrons. The molecule has 1 fully saturated rings. The highest BCUT2D eigenvalue weighted by Crippen LogP contribution is 2.26. The summed E-state index contributed by atoms with van der Waals surface area (Å²) in [5, 5.41) is 23.1. The number of nitrogens with one attached hydrogen (secondary N) is 1. The molecular formula is C13H16N2O4. The Kier molecular flexibility index (Phi) is 4.11. The third-order valence-electron chi connectivity index (χ3n) is 3.43. The second-order valence-corrected chi connectivity index (χ2v) is 4.74. The quantitative estimate of drug-likeness (QED) is 0.623. The van der Waals surface area contributed by atoms with Crippen LogP contribution >= 0.6 is 0 Å². The summed E-state index contributed by atoms with van der Waals surface area (Å²) in [7, 11) is 0. The summed E-state index contributed by atoms with van der Waals surface area (Å²) in [5.74, 6) is 0.0660. The van der Waals surface area contributed by atoms with Gasteiger partial charge in [0.25, 0.3) is 5.69 Å². The summed E-state index contributed by atoms with van der Waals surface area (Å²) in [6.07, 6.45) is 2.08. The number of non-ortho nitro benzene ring substituents is 1. The van der Waals surface area contributed by atoms with Crippen molar-refractivity contribution in [3.8, 4) is 0 Å². The van der Waals surface area contributed by atoms with Gasteiger partial charge in [0.1, 0.15) is 0 Å². The van der Waals surface area contributed by atoms with Crippen molar-refractivity contribution in [1.82, 2.24) is 5.32 Å². The largest absolute Gasteiger partial charge is 0.387 e. The lowest BCUT2D eigenvalue weighted by Crippen LogP contribution is -2.36. The minimum atomic E-state index is -0.843. The number of benzene rings is 1. The molecular weight excluding hydrogens is 248 g/mol. The normalized spacial score (nSPS) is 16.5. The van der Waals surface area contributed by atoms with E-state index in [0.717, 1.165) is 19.3 Å². The molecule has 1 atom stereocenters. The van der Waals surface area contributed by atoms with Crippen LogP contribution in [0.1, 0.15) is 30.9 Å². The molecule has 102 valence electrons. The first-order chi connectivity index (χ1) is 9.08. The molecule has 1 saturated carbocycles. The van der Waals surface area contributed by atoms with Gasteiger partial charge >= 0.3 is 0 Å². The zero-order chi connectivity index (χ0) is 13.8. The van der Waals surface area contributed by atoms with Crippen LogP contribution in [0.3, 0.4) is 0 Å². The molecule has 1 aliphatic carbocycles. The van der Waals surface area contributed by atoms with Gasteiger partial charge in [0, 0.05) is 24.6 Å². The monoisotopic (exact) mass is 264 g/mol. The highest BCUT2D eigenvalue weighted by Gasteiger charge is 2.25. The Morgan fingerprint density at radius 1 is 1.42 bits per heavy atom. The molecule has 0 bridgehead atoms. The molecule has 6 heteroatoms. The molecule has 2 N–H and O–H groups in total. The minimum Gasteiger partial charge on any atom is -0.387 e. The van der Waals surface area contributed by atoms with E-state index in [-0.39, 0.29) is 24.1 Å². The lowest BCUT2D eigenvalue weighted by molar-refractivity contribution is -0.384. The van der Waals surface area contributed by atoms with Gasteiger partial charge in [0.15, 0.2) is 0 Å². The molecule has 0 spiro atoms. The van der Waals surface area contributed by atoms with Gasteiger partial charge in [-0.1, -0.05) is 6.42 Å². The Labute approximate surface area is 110 Å². The van der Waals surface area contributed by atoms with Crippen LogP contribution in [0.5, 0.6) is 0 Å². The first-order valence-electron chi connectivity index (χ1n) is 6.28. The minimum absolute atomic E-state index is 0.0190. The van der Waals surface area contributed by atoms with Crippen LogP contribution < -0.4 is 5.32 Å². The van der Waals surface area contributed by atoms with Gasteiger partial charge in [-0.3, -0.25) is 14.9 Å². The number of nitrogens with zero attached hydrogens (tertiary/aromatic N) is 1. The van der Waals surface area contributed by atoms with Gasteiger partial charge in [-0.2, -0.15) is 0 Å². The Morgan fingerprint density at radius 3 is 2.53 bits per heavy atom. The van der Waals surface area contributed by atoms with Crippen LogP contribution in [0.2, 0.25) is 0 Å². The number of aliphatic hydroxyl groups is 1. The highest BCUT2D eigenvalue weighted by molar-refractivity contribution is 5.79. The summed E-state index contributed by atoms with van der Waals surface area (Å²) in [5.41, 5.74) is 0.536. The van der Waals surface area contributed by atoms with Crippen LogP contribution in [0.25, 0.3) is 0 Å². The zero-order valence-corrected chi connectivity index (χ0v) is 10.4. The van der Waals surface area contributed by atoms with E-state index in [1.54, 1.807) is 0 Å². The van der Waals surface area contributed by atoms with Gasteiger partial charge in [0.2, 0.25) is 5.91 Å². The molecule has 0 saturated heterocycles. The van der Waals surface area contributed by atoms with E-state index in [4.69, 9.17) is 0 Å². The molecule has 1 amide bonds. The maximum atomic E-state index is 11.6. The van der Waals surface area contributed by atoms with Crippen LogP contribution in [-0.2, 0) is 4.79 Å². The van der Waals surface area contributed by atoms with Crippen molar-refractivity contribution in [2.75, 3.05) is 6.54 Å². The van der Waals surface area contributed by atoms with Crippen molar-refractivity contribution in [3.05, 3.63) is 39.9 Å². The number of rotatable bonds is 5. The maximum Gasteiger partial charge on any atom is 0.269 e.